The van der Waals surface area contributed by atoms with Crippen LogP contribution in [-0.2, 0) is 4.74 Å². The monoisotopic (exact) mass is 229 g/mol. The first-order valence-corrected chi connectivity index (χ1v) is 5.77. The van der Waals surface area contributed by atoms with E-state index in [-0.39, 0.29) is 12.4 Å². The van der Waals surface area contributed by atoms with Crippen LogP contribution in [0.1, 0.15) is 23.7 Å². The average Bonchev–Trinajstić information content (AvgIpc) is 2.38. The molecule has 88 valence electrons. The van der Waals surface area contributed by atoms with Crippen LogP contribution >= 0.6 is 0 Å². The lowest BCUT2D eigenvalue weighted by molar-refractivity contribution is 0.0763. The number of hydrogen-bond donors (Lipinski definition) is 0. The van der Waals surface area contributed by atoms with E-state index in [9.17, 15) is 4.79 Å². The lowest BCUT2D eigenvalue weighted by atomic mass is 10.1. The third-order valence-electron chi connectivity index (χ3n) is 2.53. The minimum absolute atomic E-state index is 0.0112. The summed E-state index contributed by atoms with van der Waals surface area (Å²) in [5, 5.41) is 0.889. The van der Waals surface area contributed by atoms with Crippen molar-refractivity contribution in [2.24, 2.45) is 0 Å². The largest absolute Gasteiger partial charge is 0.373 e. The lowest BCUT2D eigenvalue weighted by Gasteiger charge is -2.05. The molecule has 1 heterocycles. The summed E-state index contributed by atoms with van der Waals surface area (Å²) in [7, 11) is 0. The van der Waals surface area contributed by atoms with E-state index in [1.807, 2.05) is 31.2 Å². The quantitative estimate of drug-likeness (QED) is 0.584. The molecule has 0 radical (unpaired) electrons. The molecule has 0 atom stereocenters. The summed E-state index contributed by atoms with van der Waals surface area (Å²) in [4.78, 5) is 16.2. The van der Waals surface area contributed by atoms with E-state index in [4.69, 9.17) is 4.74 Å². The fourth-order valence-electron chi connectivity index (χ4n) is 1.73. The van der Waals surface area contributed by atoms with Gasteiger partial charge in [0.05, 0.1) is 5.52 Å². The van der Waals surface area contributed by atoms with Crippen molar-refractivity contribution in [3.05, 3.63) is 42.1 Å². The topological polar surface area (TPSA) is 39.2 Å². The van der Waals surface area contributed by atoms with Gasteiger partial charge in [-0.3, -0.25) is 9.78 Å². The lowest BCUT2D eigenvalue weighted by Crippen LogP contribution is -2.10. The molecule has 3 heteroatoms. The van der Waals surface area contributed by atoms with Gasteiger partial charge in [0.25, 0.3) is 0 Å². The van der Waals surface area contributed by atoms with Gasteiger partial charge >= 0.3 is 0 Å². The zero-order valence-electron chi connectivity index (χ0n) is 9.85. The Bertz CT molecular complexity index is 517. The number of aromatic nitrogens is 1. The minimum atomic E-state index is 0.0112. The summed E-state index contributed by atoms with van der Waals surface area (Å²) in [5.74, 6) is 0.0112. The van der Waals surface area contributed by atoms with Crippen LogP contribution in [0, 0.1) is 0 Å². The van der Waals surface area contributed by atoms with Crippen molar-refractivity contribution in [3.63, 3.8) is 0 Å². The zero-order chi connectivity index (χ0) is 12.1. The molecule has 0 aliphatic rings. The van der Waals surface area contributed by atoms with Crippen molar-refractivity contribution in [1.29, 1.82) is 0 Å². The number of benzene rings is 1. The number of fused-ring (bicyclic) bond motifs is 1. The molecule has 17 heavy (non-hydrogen) atoms. The molecule has 1 aromatic carbocycles. The van der Waals surface area contributed by atoms with Crippen molar-refractivity contribution >= 4 is 16.7 Å². The molecule has 0 spiro atoms. The Labute approximate surface area is 100 Å². The van der Waals surface area contributed by atoms with E-state index in [0.717, 1.165) is 17.3 Å². The molecule has 2 rings (SSSR count). The first-order chi connectivity index (χ1) is 8.33. The van der Waals surface area contributed by atoms with Gasteiger partial charge in [-0.2, -0.15) is 0 Å². The van der Waals surface area contributed by atoms with Gasteiger partial charge in [0, 0.05) is 23.8 Å². The van der Waals surface area contributed by atoms with Crippen LogP contribution in [-0.4, -0.2) is 24.0 Å². The van der Waals surface area contributed by atoms with E-state index < -0.39 is 0 Å². The maximum atomic E-state index is 12.0. The number of nitrogens with zero attached hydrogens (tertiary/aromatic N) is 1. The maximum absolute atomic E-state index is 12.0. The summed E-state index contributed by atoms with van der Waals surface area (Å²) in [6, 6.07) is 9.39. The third kappa shape index (κ3) is 2.68. The van der Waals surface area contributed by atoms with Gasteiger partial charge in [-0.25, -0.2) is 0 Å². The first-order valence-electron chi connectivity index (χ1n) is 5.77. The Balaban J connectivity index is 2.26. The molecule has 1 aromatic heterocycles. The molecular formula is C14H15NO2. The van der Waals surface area contributed by atoms with E-state index >= 15 is 0 Å². The molecule has 0 saturated heterocycles. The van der Waals surface area contributed by atoms with Gasteiger partial charge < -0.3 is 4.74 Å². The van der Waals surface area contributed by atoms with Crippen molar-refractivity contribution in [2.75, 3.05) is 13.2 Å². The van der Waals surface area contributed by atoms with Crippen molar-refractivity contribution in [3.8, 4) is 0 Å². The molecule has 0 saturated carbocycles. The number of para-hydroxylation sites is 1. The van der Waals surface area contributed by atoms with Gasteiger partial charge in [0.1, 0.15) is 6.61 Å². The highest BCUT2D eigenvalue weighted by Gasteiger charge is 2.09. The number of carbonyl (C=O) groups is 1. The zero-order valence-corrected chi connectivity index (χ0v) is 9.85. The Morgan fingerprint density at radius 3 is 2.94 bits per heavy atom. The standard InChI is InChI=1S/C14H15NO2/c1-2-9-17-10-14(16)12-7-8-15-13-6-4-3-5-11(12)13/h3-8H,2,9-10H2,1H3. The van der Waals surface area contributed by atoms with Gasteiger partial charge in [0.15, 0.2) is 5.78 Å². The van der Waals surface area contributed by atoms with Crippen molar-refractivity contribution in [1.82, 2.24) is 4.98 Å². The molecule has 3 nitrogen and oxygen atoms in total. The summed E-state index contributed by atoms with van der Waals surface area (Å²) in [6.45, 7) is 2.78. The number of rotatable bonds is 5. The first kappa shape index (κ1) is 11.7. The van der Waals surface area contributed by atoms with E-state index in [2.05, 4.69) is 4.98 Å². The van der Waals surface area contributed by atoms with Crippen LogP contribution in [0.5, 0.6) is 0 Å². The second kappa shape index (κ2) is 5.55. The Morgan fingerprint density at radius 1 is 1.29 bits per heavy atom. The number of hydrogen-bond acceptors (Lipinski definition) is 3. The van der Waals surface area contributed by atoms with Crippen LogP contribution in [0.4, 0.5) is 0 Å². The molecular weight excluding hydrogens is 214 g/mol. The normalized spacial score (nSPS) is 10.6. The van der Waals surface area contributed by atoms with E-state index in [1.54, 1.807) is 12.3 Å². The van der Waals surface area contributed by atoms with Crippen LogP contribution in [0.2, 0.25) is 0 Å². The third-order valence-corrected chi connectivity index (χ3v) is 2.53. The van der Waals surface area contributed by atoms with Gasteiger partial charge in [-0.15, -0.1) is 0 Å². The number of pyridine rings is 1. The highest BCUT2D eigenvalue weighted by atomic mass is 16.5. The molecule has 0 N–H and O–H groups in total. The summed E-state index contributed by atoms with van der Waals surface area (Å²) in [5.41, 5.74) is 1.53. The van der Waals surface area contributed by atoms with Gasteiger partial charge in [-0.05, 0) is 18.6 Å². The van der Waals surface area contributed by atoms with Crippen LogP contribution in [0.25, 0.3) is 10.9 Å². The smallest absolute Gasteiger partial charge is 0.189 e. The molecule has 2 aromatic rings. The number of ether oxygens (including phenoxy) is 1. The van der Waals surface area contributed by atoms with Crippen LogP contribution in [0.3, 0.4) is 0 Å². The molecule has 0 aliphatic carbocycles. The van der Waals surface area contributed by atoms with Gasteiger partial charge in [0.2, 0.25) is 0 Å². The summed E-state index contributed by atoms with van der Waals surface area (Å²) < 4.78 is 5.28. The molecule has 0 bridgehead atoms. The fraction of sp³-hybridized carbons (Fsp3) is 0.286. The maximum Gasteiger partial charge on any atom is 0.189 e. The Hall–Kier alpha value is -1.74. The van der Waals surface area contributed by atoms with E-state index in [0.29, 0.717) is 12.2 Å². The highest BCUT2D eigenvalue weighted by molar-refractivity contribution is 6.07. The Morgan fingerprint density at radius 2 is 2.12 bits per heavy atom. The number of ketones is 1. The molecule has 0 unspecified atom stereocenters. The minimum Gasteiger partial charge on any atom is -0.373 e. The molecule has 0 fully saturated rings. The fourth-order valence-corrected chi connectivity index (χ4v) is 1.73. The van der Waals surface area contributed by atoms with E-state index in [1.165, 1.54) is 0 Å². The summed E-state index contributed by atoms with van der Waals surface area (Å²) in [6.07, 6.45) is 2.58. The van der Waals surface area contributed by atoms with Crippen LogP contribution < -0.4 is 0 Å². The van der Waals surface area contributed by atoms with Crippen molar-refractivity contribution < 1.29 is 9.53 Å². The van der Waals surface area contributed by atoms with Gasteiger partial charge in [-0.1, -0.05) is 25.1 Å². The SMILES string of the molecule is CCCOCC(=O)c1ccnc2ccccc12. The van der Waals surface area contributed by atoms with Crippen molar-refractivity contribution in [2.45, 2.75) is 13.3 Å². The summed E-state index contributed by atoms with van der Waals surface area (Å²) >= 11 is 0. The molecule has 0 amide bonds. The highest BCUT2D eigenvalue weighted by Crippen LogP contribution is 2.16. The molecule has 0 aliphatic heterocycles. The number of Topliss-reactive ketones (excluding diaryl/α,β-unsaturated/α-hetero) is 1. The second-order valence-corrected chi connectivity index (χ2v) is 3.85. The number of carbonyl (C=O) groups excluding carboxylic acids is 1. The Kier molecular flexibility index (Phi) is 3.83. The predicted molar refractivity (Wildman–Crippen MR) is 67.2 cm³/mol. The average molecular weight is 229 g/mol. The van der Waals surface area contributed by atoms with Crippen LogP contribution in [0.15, 0.2) is 36.5 Å². The predicted octanol–water partition coefficient (Wildman–Crippen LogP) is 2.84. The second-order valence-electron chi connectivity index (χ2n) is 3.85.